The number of rotatable bonds is 5. The van der Waals surface area contributed by atoms with E-state index in [1.807, 2.05) is 29.2 Å². The van der Waals surface area contributed by atoms with E-state index in [1.165, 1.54) is 5.56 Å². The molecule has 1 saturated heterocycles. The van der Waals surface area contributed by atoms with Gasteiger partial charge in [0.05, 0.1) is 11.3 Å². The van der Waals surface area contributed by atoms with Crippen molar-refractivity contribution >= 4 is 23.2 Å². The fourth-order valence-corrected chi connectivity index (χ4v) is 3.30. The van der Waals surface area contributed by atoms with Crippen molar-refractivity contribution in [1.29, 1.82) is 0 Å². The second-order valence-corrected chi connectivity index (χ2v) is 7.18. The van der Waals surface area contributed by atoms with Crippen LogP contribution in [-0.2, 0) is 6.42 Å². The third-order valence-corrected chi connectivity index (χ3v) is 4.92. The van der Waals surface area contributed by atoms with Crippen LogP contribution in [0.4, 0.5) is 5.69 Å². The molecule has 0 spiro atoms. The molecule has 132 valence electrons. The zero-order valence-corrected chi connectivity index (χ0v) is 15.3. The van der Waals surface area contributed by atoms with Crippen LogP contribution in [0.2, 0.25) is 5.02 Å². The van der Waals surface area contributed by atoms with E-state index in [-0.39, 0.29) is 5.91 Å². The molecule has 1 fully saturated rings. The summed E-state index contributed by atoms with van der Waals surface area (Å²) in [6.45, 7) is 4.69. The van der Waals surface area contributed by atoms with Crippen LogP contribution in [0.3, 0.4) is 0 Å². The Morgan fingerprint density at radius 3 is 2.84 bits per heavy atom. The normalized spacial score (nSPS) is 15.2. The molecule has 0 radical (unpaired) electrons. The van der Waals surface area contributed by atoms with Crippen LogP contribution in [0.25, 0.3) is 0 Å². The molecule has 0 bridgehead atoms. The van der Waals surface area contributed by atoms with Gasteiger partial charge in [0, 0.05) is 37.1 Å². The molecule has 1 aromatic heterocycles. The Hall–Kier alpha value is -2.07. The van der Waals surface area contributed by atoms with E-state index in [0.29, 0.717) is 11.5 Å². The number of amides is 1. The van der Waals surface area contributed by atoms with E-state index >= 15 is 0 Å². The zero-order valence-electron chi connectivity index (χ0n) is 14.5. The molecule has 1 aliphatic heterocycles. The number of carbonyl (C=O) groups excluding carboxylic acids is 1. The first-order valence-electron chi connectivity index (χ1n) is 8.84. The predicted octanol–water partition coefficient (Wildman–Crippen LogP) is 4.26. The van der Waals surface area contributed by atoms with Crippen LogP contribution in [0.15, 0.2) is 42.7 Å². The predicted molar refractivity (Wildman–Crippen MR) is 102 cm³/mol. The minimum absolute atomic E-state index is 0.0814. The van der Waals surface area contributed by atoms with Crippen molar-refractivity contribution in [3.05, 3.63) is 58.9 Å². The molecule has 1 N–H and O–H groups in total. The Balaban J connectivity index is 1.56. The number of aromatic nitrogens is 1. The highest BCUT2D eigenvalue weighted by Crippen LogP contribution is 2.19. The molecule has 25 heavy (non-hydrogen) atoms. The minimum atomic E-state index is 0.0814. The average molecular weight is 358 g/mol. The van der Waals surface area contributed by atoms with Gasteiger partial charge in [0.1, 0.15) is 0 Å². The van der Waals surface area contributed by atoms with E-state index in [0.717, 1.165) is 49.6 Å². The highest BCUT2D eigenvalue weighted by atomic mass is 35.5. The van der Waals surface area contributed by atoms with Gasteiger partial charge in [-0.3, -0.25) is 9.78 Å². The molecular weight excluding hydrogens is 334 g/mol. The molecule has 0 atom stereocenters. The smallest absolute Gasteiger partial charge is 0.255 e. The number of benzene rings is 1. The van der Waals surface area contributed by atoms with Crippen molar-refractivity contribution in [2.45, 2.75) is 26.2 Å². The van der Waals surface area contributed by atoms with Gasteiger partial charge in [-0.1, -0.05) is 30.7 Å². The Morgan fingerprint density at radius 1 is 1.28 bits per heavy atom. The molecule has 4 nitrogen and oxygen atoms in total. The van der Waals surface area contributed by atoms with Gasteiger partial charge in [0.2, 0.25) is 0 Å². The Bertz CT molecular complexity index is 726. The second-order valence-electron chi connectivity index (χ2n) is 6.74. The van der Waals surface area contributed by atoms with Gasteiger partial charge in [-0.2, -0.15) is 0 Å². The lowest BCUT2D eigenvalue weighted by Crippen LogP contribution is -2.37. The maximum Gasteiger partial charge on any atom is 0.255 e. The molecule has 2 heterocycles. The summed E-state index contributed by atoms with van der Waals surface area (Å²) >= 11 is 6.01. The lowest BCUT2D eigenvalue weighted by atomic mass is 9.99. The van der Waals surface area contributed by atoms with Crippen molar-refractivity contribution in [2.75, 3.05) is 25.0 Å². The van der Waals surface area contributed by atoms with E-state index in [2.05, 4.69) is 23.3 Å². The van der Waals surface area contributed by atoms with Gasteiger partial charge in [-0.05, 0) is 48.9 Å². The topological polar surface area (TPSA) is 45.2 Å². The molecular formula is C20H24ClN3O. The van der Waals surface area contributed by atoms with Crippen LogP contribution < -0.4 is 5.32 Å². The van der Waals surface area contributed by atoms with Gasteiger partial charge in [0.15, 0.2) is 0 Å². The fraction of sp³-hybridized carbons (Fsp3) is 0.400. The Labute approximate surface area is 154 Å². The van der Waals surface area contributed by atoms with E-state index < -0.39 is 0 Å². The zero-order chi connectivity index (χ0) is 17.6. The summed E-state index contributed by atoms with van der Waals surface area (Å²) in [6.07, 6.45) is 6.44. The number of piperidine rings is 1. The first-order chi connectivity index (χ1) is 12.1. The average Bonchev–Trinajstić information content (AvgIpc) is 2.62. The minimum Gasteiger partial charge on any atom is -0.383 e. The monoisotopic (exact) mass is 357 g/mol. The fourth-order valence-electron chi connectivity index (χ4n) is 3.09. The summed E-state index contributed by atoms with van der Waals surface area (Å²) in [5.41, 5.74) is 2.71. The molecule has 0 unspecified atom stereocenters. The van der Waals surface area contributed by atoms with Crippen molar-refractivity contribution in [3.8, 4) is 0 Å². The van der Waals surface area contributed by atoms with Crippen LogP contribution in [-0.4, -0.2) is 35.4 Å². The van der Waals surface area contributed by atoms with Gasteiger partial charge in [-0.25, -0.2) is 0 Å². The highest BCUT2D eigenvalue weighted by molar-refractivity contribution is 6.30. The SMILES string of the molecule is CC1CCN(C(=O)c2cncc(NCCc3cccc(Cl)c3)c2)CC1. The van der Waals surface area contributed by atoms with Crippen LogP contribution in [0, 0.1) is 5.92 Å². The van der Waals surface area contributed by atoms with Gasteiger partial charge >= 0.3 is 0 Å². The van der Waals surface area contributed by atoms with Gasteiger partial charge in [0.25, 0.3) is 5.91 Å². The quantitative estimate of drug-likeness (QED) is 0.869. The molecule has 1 aliphatic rings. The first-order valence-corrected chi connectivity index (χ1v) is 9.22. The molecule has 1 aromatic carbocycles. The second kappa shape index (κ2) is 8.34. The first kappa shape index (κ1) is 17.7. The summed E-state index contributed by atoms with van der Waals surface area (Å²) in [5, 5.41) is 4.09. The molecule has 1 amide bonds. The number of pyridine rings is 1. The molecule has 2 aromatic rings. The number of nitrogens with one attached hydrogen (secondary N) is 1. The van der Waals surface area contributed by atoms with Crippen molar-refractivity contribution in [3.63, 3.8) is 0 Å². The number of halogens is 1. The number of hydrogen-bond donors (Lipinski definition) is 1. The Morgan fingerprint density at radius 2 is 2.08 bits per heavy atom. The lowest BCUT2D eigenvalue weighted by Gasteiger charge is -2.30. The molecule has 5 heteroatoms. The summed E-state index contributed by atoms with van der Waals surface area (Å²) in [6, 6.07) is 9.75. The lowest BCUT2D eigenvalue weighted by molar-refractivity contribution is 0.0697. The van der Waals surface area contributed by atoms with Gasteiger partial charge in [-0.15, -0.1) is 0 Å². The van der Waals surface area contributed by atoms with E-state index in [1.54, 1.807) is 12.4 Å². The molecule has 0 saturated carbocycles. The standard InChI is InChI=1S/C20H24ClN3O/c1-15-6-9-24(10-7-15)20(25)17-12-19(14-22-13-17)23-8-5-16-3-2-4-18(21)11-16/h2-4,11-15,23H,5-10H2,1H3. The summed E-state index contributed by atoms with van der Waals surface area (Å²) in [5.74, 6) is 0.791. The van der Waals surface area contributed by atoms with Crippen LogP contribution in [0.1, 0.15) is 35.7 Å². The number of carbonyl (C=O) groups is 1. The third-order valence-electron chi connectivity index (χ3n) is 4.69. The maximum absolute atomic E-state index is 12.6. The highest BCUT2D eigenvalue weighted by Gasteiger charge is 2.21. The van der Waals surface area contributed by atoms with Crippen molar-refractivity contribution < 1.29 is 4.79 Å². The molecule has 0 aliphatic carbocycles. The van der Waals surface area contributed by atoms with Crippen molar-refractivity contribution in [2.24, 2.45) is 5.92 Å². The number of hydrogen-bond acceptors (Lipinski definition) is 3. The third kappa shape index (κ3) is 4.95. The Kier molecular flexibility index (Phi) is 5.92. The van der Waals surface area contributed by atoms with Gasteiger partial charge < -0.3 is 10.2 Å². The largest absolute Gasteiger partial charge is 0.383 e. The summed E-state index contributed by atoms with van der Waals surface area (Å²) in [4.78, 5) is 18.8. The molecule has 3 rings (SSSR count). The number of likely N-dealkylation sites (tertiary alicyclic amines) is 1. The number of nitrogens with zero attached hydrogens (tertiary/aromatic N) is 2. The summed E-state index contributed by atoms with van der Waals surface area (Å²) in [7, 11) is 0. The van der Waals surface area contributed by atoms with E-state index in [9.17, 15) is 4.79 Å². The van der Waals surface area contributed by atoms with Crippen LogP contribution >= 0.6 is 11.6 Å². The number of anilines is 1. The van der Waals surface area contributed by atoms with E-state index in [4.69, 9.17) is 11.6 Å². The summed E-state index contributed by atoms with van der Waals surface area (Å²) < 4.78 is 0. The van der Waals surface area contributed by atoms with Crippen molar-refractivity contribution in [1.82, 2.24) is 9.88 Å². The van der Waals surface area contributed by atoms with Crippen LogP contribution in [0.5, 0.6) is 0 Å². The maximum atomic E-state index is 12.6.